The predicted molar refractivity (Wildman–Crippen MR) is 103 cm³/mol. The average Bonchev–Trinajstić information content (AvgIpc) is 3.18. The molecule has 0 amide bonds. The number of anilines is 2. The van der Waals surface area contributed by atoms with Crippen molar-refractivity contribution < 1.29 is 27.8 Å². The van der Waals surface area contributed by atoms with Crippen LogP contribution in [0.25, 0.3) is 16.9 Å². The molecule has 0 saturated carbocycles. The Morgan fingerprint density at radius 2 is 2.10 bits per heavy atom. The summed E-state index contributed by atoms with van der Waals surface area (Å²) in [6, 6.07) is 2.14. The van der Waals surface area contributed by atoms with Gasteiger partial charge in [0.25, 0.3) is 0 Å². The van der Waals surface area contributed by atoms with Crippen LogP contribution in [0.3, 0.4) is 0 Å². The number of morpholine rings is 1. The van der Waals surface area contributed by atoms with Crippen LogP contribution in [0, 0.1) is 0 Å². The Hall–Kier alpha value is -3.41. The Labute approximate surface area is 173 Å². The Bertz CT molecular complexity index is 1190. The SMILES string of the molecule is Nc1cc(C(F)(F)F)c(-c2nc(N3CC4CCC3CO4)c3cc(C(=O)O)cn3n2)cn1. The van der Waals surface area contributed by atoms with E-state index in [0.717, 1.165) is 25.1 Å². The molecule has 0 aliphatic carbocycles. The van der Waals surface area contributed by atoms with Gasteiger partial charge in [0.05, 0.1) is 35.4 Å². The van der Waals surface area contributed by atoms with E-state index in [-0.39, 0.29) is 34.9 Å². The minimum Gasteiger partial charge on any atom is -0.478 e. The molecule has 3 aromatic heterocycles. The van der Waals surface area contributed by atoms with Crippen LogP contribution in [0.2, 0.25) is 0 Å². The number of nitrogens with zero attached hydrogens (tertiary/aromatic N) is 5. The second-order valence-corrected chi connectivity index (χ2v) is 7.61. The monoisotopic (exact) mass is 434 g/mol. The molecule has 162 valence electrons. The number of aromatic carboxylic acids is 1. The van der Waals surface area contributed by atoms with E-state index >= 15 is 0 Å². The second-order valence-electron chi connectivity index (χ2n) is 7.61. The number of nitrogens with two attached hydrogens (primary N) is 1. The maximum absolute atomic E-state index is 13.7. The molecule has 3 N–H and O–H groups in total. The minimum absolute atomic E-state index is 0.00800. The Morgan fingerprint density at radius 3 is 2.71 bits per heavy atom. The van der Waals surface area contributed by atoms with Gasteiger partial charge in [-0.05, 0) is 25.0 Å². The largest absolute Gasteiger partial charge is 0.478 e. The van der Waals surface area contributed by atoms with E-state index in [4.69, 9.17) is 10.5 Å². The Morgan fingerprint density at radius 1 is 1.29 bits per heavy atom. The molecule has 9 nitrogen and oxygen atoms in total. The number of alkyl halides is 3. The van der Waals surface area contributed by atoms with Gasteiger partial charge in [-0.15, -0.1) is 5.10 Å². The van der Waals surface area contributed by atoms with Gasteiger partial charge in [-0.2, -0.15) is 13.2 Å². The smallest absolute Gasteiger partial charge is 0.417 e. The van der Waals surface area contributed by atoms with Crippen molar-refractivity contribution in [3.05, 3.63) is 35.7 Å². The van der Waals surface area contributed by atoms with Crippen LogP contribution in [-0.4, -0.2) is 56.0 Å². The number of ether oxygens (including phenoxy) is 1. The maximum atomic E-state index is 13.7. The van der Waals surface area contributed by atoms with Crippen molar-refractivity contribution in [2.45, 2.75) is 31.2 Å². The molecule has 0 radical (unpaired) electrons. The van der Waals surface area contributed by atoms with E-state index in [9.17, 15) is 23.1 Å². The molecule has 3 aliphatic rings. The van der Waals surface area contributed by atoms with Crippen molar-refractivity contribution >= 4 is 23.1 Å². The number of carboxylic acids is 1. The van der Waals surface area contributed by atoms with Crippen molar-refractivity contribution in [2.75, 3.05) is 23.8 Å². The summed E-state index contributed by atoms with van der Waals surface area (Å²) in [4.78, 5) is 21.7. The van der Waals surface area contributed by atoms with E-state index in [0.29, 0.717) is 24.5 Å². The third-order valence-corrected chi connectivity index (χ3v) is 5.62. The molecular formula is C19H17F3N6O3. The summed E-state index contributed by atoms with van der Waals surface area (Å²) >= 11 is 0. The molecule has 6 heterocycles. The van der Waals surface area contributed by atoms with E-state index in [1.54, 1.807) is 0 Å². The third-order valence-electron chi connectivity index (χ3n) is 5.62. The molecule has 3 aliphatic heterocycles. The first-order chi connectivity index (χ1) is 14.7. The van der Waals surface area contributed by atoms with E-state index in [1.807, 2.05) is 4.90 Å². The van der Waals surface area contributed by atoms with Crippen molar-refractivity contribution in [3.63, 3.8) is 0 Å². The molecule has 2 unspecified atom stereocenters. The number of halogens is 3. The summed E-state index contributed by atoms with van der Waals surface area (Å²) in [5, 5.41) is 13.6. The lowest BCUT2D eigenvalue weighted by molar-refractivity contribution is -0.137. The number of nitrogen functional groups attached to an aromatic ring is 1. The van der Waals surface area contributed by atoms with Crippen molar-refractivity contribution in [2.24, 2.45) is 0 Å². The summed E-state index contributed by atoms with van der Waals surface area (Å²) in [7, 11) is 0. The first kappa shape index (κ1) is 19.5. The summed E-state index contributed by atoms with van der Waals surface area (Å²) in [5.74, 6) is -1.32. The standard InChI is InChI=1S/C19H17F3N6O3/c20-19(21,22)13-4-15(23)24-5-12(13)16-25-17(27-7-11-2-1-10(27)8-31-11)14-3-9(18(29)30)6-28(14)26-16/h3-6,10-11H,1-2,7-8H2,(H2,23,24)(H,29,30). The van der Waals surface area contributed by atoms with Crippen LogP contribution >= 0.6 is 0 Å². The first-order valence-electron chi connectivity index (χ1n) is 9.56. The molecule has 3 fully saturated rings. The average molecular weight is 434 g/mol. The van der Waals surface area contributed by atoms with Gasteiger partial charge in [-0.1, -0.05) is 0 Å². The topological polar surface area (TPSA) is 119 Å². The lowest BCUT2D eigenvalue weighted by Gasteiger charge is -2.45. The highest BCUT2D eigenvalue weighted by molar-refractivity contribution is 5.91. The van der Waals surface area contributed by atoms with Gasteiger partial charge in [0.2, 0.25) is 0 Å². The summed E-state index contributed by atoms with van der Waals surface area (Å²) in [6.07, 6.45) is -0.747. The van der Waals surface area contributed by atoms with Crippen molar-refractivity contribution in [1.82, 2.24) is 19.6 Å². The second kappa shape index (κ2) is 6.80. The molecule has 6 rings (SSSR count). The van der Waals surface area contributed by atoms with Crippen molar-refractivity contribution in [1.29, 1.82) is 0 Å². The fraction of sp³-hybridized carbons (Fsp3) is 0.368. The molecular weight excluding hydrogens is 417 g/mol. The van der Waals surface area contributed by atoms with Gasteiger partial charge < -0.3 is 20.5 Å². The van der Waals surface area contributed by atoms with Crippen molar-refractivity contribution in [3.8, 4) is 11.4 Å². The highest BCUT2D eigenvalue weighted by atomic mass is 19.4. The van der Waals surface area contributed by atoms with Crippen LogP contribution in [0.15, 0.2) is 24.5 Å². The number of fused-ring (bicyclic) bond motifs is 4. The van der Waals surface area contributed by atoms with Gasteiger partial charge in [0.1, 0.15) is 11.3 Å². The molecule has 3 saturated heterocycles. The van der Waals surface area contributed by atoms with E-state index in [2.05, 4.69) is 15.1 Å². The van der Waals surface area contributed by atoms with E-state index < -0.39 is 17.7 Å². The number of piperidine rings is 1. The number of hydrogen-bond acceptors (Lipinski definition) is 7. The number of carbonyl (C=O) groups is 1. The number of aromatic nitrogens is 4. The highest BCUT2D eigenvalue weighted by Gasteiger charge is 2.38. The van der Waals surface area contributed by atoms with Gasteiger partial charge in [-0.25, -0.2) is 19.3 Å². The minimum atomic E-state index is -4.70. The molecule has 2 bridgehead atoms. The quantitative estimate of drug-likeness (QED) is 0.645. The number of pyridine rings is 1. The van der Waals surface area contributed by atoms with Gasteiger partial charge >= 0.3 is 12.1 Å². The molecule has 0 aromatic carbocycles. The Kier molecular flexibility index (Phi) is 4.29. The van der Waals surface area contributed by atoms with Gasteiger partial charge in [-0.3, -0.25) is 0 Å². The number of rotatable bonds is 3. The lowest BCUT2D eigenvalue weighted by Crippen LogP contribution is -2.55. The summed E-state index contributed by atoms with van der Waals surface area (Å²) < 4.78 is 48.0. The van der Waals surface area contributed by atoms with Gasteiger partial charge in [0.15, 0.2) is 11.6 Å². The highest BCUT2D eigenvalue weighted by Crippen LogP contribution is 2.38. The van der Waals surface area contributed by atoms with Crippen LogP contribution in [-0.2, 0) is 10.9 Å². The van der Waals surface area contributed by atoms with Crippen LogP contribution in [0.4, 0.5) is 24.8 Å². The number of carboxylic acid groups (broad SMARTS) is 1. The molecule has 3 aromatic rings. The predicted octanol–water partition coefficient (Wildman–Crippen LogP) is 2.46. The lowest BCUT2D eigenvalue weighted by atomic mass is 9.97. The summed E-state index contributed by atoms with van der Waals surface area (Å²) in [5.41, 5.74) is 4.47. The molecule has 0 spiro atoms. The van der Waals surface area contributed by atoms with Crippen LogP contribution in [0.5, 0.6) is 0 Å². The normalized spacial score (nSPS) is 21.1. The molecule has 12 heteroatoms. The fourth-order valence-electron chi connectivity index (χ4n) is 4.12. The zero-order valence-electron chi connectivity index (χ0n) is 16.0. The van der Waals surface area contributed by atoms with Crippen LogP contribution < -0.4 is 10.6 Å². The summed E-state index contributed by atoms with van der Waals surface area (Å²) in [6.45, 7) is 0.983. The van der Waals surface area contributed by atoms with E-state index in [1.165, 1.54) is 16.8 Å². The van der Waals surface area contributed by atoms with Crippen LogP contribution in [0.1, 0.15) is 28.8 Å². The zero-order chi connectivity index (χ0) is 21.9. The number of hydrogen-bond donors (Lipinski definition) is 2. The zero-order valence-corrected chi connectivity index (χ0v) is 16.0. The first-order valence-corrected chi connectivity index (χ1v) is 9.56. The molecule has 31 heavy (non-hydrogen) atoms. The fourth-order valence-corrected chi connectivity index (χ4v) is 4.12. The van der Waals surface area contributed by atoms with Gasteiger partial charge in [0, 0.05) is 18.9 Å². The Balaban J connectivity index is 1.73. The third kappa shape index (κ3) is 3.32. The maximum Gasteiger partial charge on any atom is 0.417 e. The molecule has 2 atom stereocenters.